The summed E-state index contributed by atoms with van der Waals surface area (Å²) in [7, 11) is 0. The molecule has 6 nitrogen and oxygen atoms in total. The average molecular weight is 251 g/mol. The lowest BCUT2D eigenvalue weighted by Crippen LogP contribution is -2.38. The van der Waals surface area contributed by atoms with Gasteiger partial charge < -0.3 is 21.5 Å². The summed E-state index contributed by atoms with van der Waals surface area (Å²) in [5.41, 5.74) is 11.1. The predicted octanol–water partition coefficient (Wildman–Crippen LogP) is 0.0277. The second-order valence-corrected chi connectivity index (χ2v) is 3.97. The van der Waals surface area contributed by atoms with E-state index in [0.717, 1.165) is 0 Å². The highest BCUT2D eigenvalue weighted by atomic mass is 16.5. The first-order valence-corrected chi connectivity index (χ1v) is 5.54. The smallest absolute Gasteiger partial charge is 0.258 e. The highest BCUT2D eigenvalue weighted by Gasteiger charge is 2.10. The molecule has 0 saturated heterocycles. The van der Waals surface area contributed by atoms with E-state index in [0.29, 0.717) is 11.4 Å². The summed E-state index contributed by atoms with van der Waals surface area (Å²) in [6.45, 7) is 1.54. The number of nitrogen functional groups attached to an aromatic ring is 1. The lowest BCUT2D eigenvalue weighted by Gasteiger charge is -2.13. The number of para-hydroxylation sites is 2. The van der Waals surface area contributed by atoms with Crippen molar-refractivity contribution in [1.82, 2.24) is 5.32 Å². The second kappa shape index (κ2) is 6.48. The fraction of sp³-hybridized carbons (Fsp3) is 0.333. The predicted molar refractivity (Wildman–Crippen MR) is 67.8 cm³/mol. The zero-order valence-electron chi connectivity index (χ0n) is 10.2. The minimum atomic E-state index is -0.462. The number of primary amides is 1. The van der Waals surface area contributed by atoms with Crippen LogP contribution in [-0.2, 0) is 9.59 Å². The van der Waals surface area contributed by atoms with Crippen LogP contribution in [0.3, 0.4) is 0 Å². The van der Waals surface area contributed by atoms with Crippen molar-refractivity contribution in [2.45, 2.75) is 19.4 Å². The quantitative estimate of drug-likeness (QED) is 0.620. The summed E-state index contributed by atoms with van der Waals surface area (Å²) in [6.07, 6.45) is 0.0964. The lowest BCUT2D eigenvalue weighted by molar-refractivity contribution is -0.124. The van der Waals surface area contributed by atoms with Gasteiger partial charge in [0.2, 0.25) is 5.91 Å². The fourth-order valence-electron chi connectivity index (χ4n) is 1.42. The number of carbonyl (C=O) groups is 2. The van der Waals surface area contributed by atoms with E-state index in [-0.39, 0.29) is 25.0 Å². The molecule has 6 heteroatoms. The number of benzene rings is 1. The number of anilines is 1. The van der Waals surface area contributed by atoms with Gasteiger partial charge >= 0.3 is 0 Å². The standard InChI is InChI=1S/C12H17N3O3/c1-8(6-11(14)16)15-12(17)7-18-10-5-3-2-4-9(10)13/h2-5,8H,6-7,13H2,1H3,(H2,14,16)(H,15,17). The van der Waals surface area contributed by atoms with Gasteiger partial charge in [0.15, 0.2) is 6.61 Å². The van der Waals surface area contributed by atoms with Crippen LogP contribution in [0.4, 0.5) is 5.69 Å². The number of carbonyl (C=O) groups excluding carboxylic acids is 2. The number of nitrogens with two attached hydrogens (primary N) is 2. The van der Waals surface area contributed by atoms with Gasteiger partial charge in [-0.1, -0.05) is 12.1 Å². The zero-order chi connectivity index (χ0) is 13.5. The number of hydrogen-bond acceptors (Lipinski definition) is 4. The summed E-state index contributed by atoms with van der Waals surface area (Å²) < 4.78 is 5.25. The van der Waals surface area contributed by atoms with Crippen LogP contribution in [0.5, 0.6) is 5.75 Å². The molecule has 18 heavy (non-hydrogen) atoms. The van der Waals surface area contributed by atoms with Crippen LogP contribution in [0.15, 0.2) is 24.3 Å². The lowest BCUT2D eigenvalue weighted by atomic mass is 10.2. The van der Waals surface area contributed by atoms with E-state index in [4.69, 9.17) is 16.2 Å². The summed E-state index contributed by atoms with van der Waals surface area (Å²) in [6, 6.07) is 6.58. The van der Waals surface area contributed by atoms with Crippen LogP contribution in [0.2, 0.25) is 0 Å². The first-order valence-electron chi connectivity index (χ1n) is 5.54. The van der Waals surface area contributed by atoms with E-state index in [1.165, 1.54) is 0 Å². The van der Waals surface area contributed by atoms with E-state index in [1.807, 2.05) is 0 Å². The van der Waals surface area contributed by atoms with Gasteiger partial charge in [0.25, 0.3) is 5.91 Å². The molecule has 0 aliphatic carbocycles. The second-order valence-electron chi connectivity index (χ2n) is 3.97. The van der Waals surface area contributed by atoms with Crippen LogP contribution in [0.25, 0.3) is 0 Å². The summed E-state index contributed by atoms with van der Waals surface area (Å²) in [4.78, 5) is 22.1. The van der Waals surface area contributed by atoms with Crippen LogP contribution in [-0.4, -0.2) is 24.5 Å². The zero-order valence-corrected chi connectivity index (χ0v) is 10.2. The van der Waals surface area contributed by atoms with Crippen molar-refractivity contribution in [1.29, 1.82) is 0 Å². The van der Waals surface area contributed by atoms with Crippen molar-refractivity contribution < 1.29 is 14.3 Å². The third-order valence-corrected chi connectivity index (χ3v) is 2.19. The van der Waals surface area contributed by atoms with Crippen molar-refractivity contribution in [2.75, 3.05) is 12.3 Å². The highest BCUT2D eigenvalue weighted by molar-refractivity contribution is 5.79. The molecule has 0 aliphatic rings. The number of amides is 2. The third-order valence-electron chi connectivity index (χ3n) is 2.19. The van der Waals surface area contributed by atoms with Gasteiger partial charge in [-0.25, -0.2) is 0 Å². The Morgan fingerprint density at radius 2 is 2.06 bits per heavy atom. The summed E-state index contributed by atoms with van der Waals surface area (Å²) in [5.74, 6) is -0.335. The largest absolute Gasteiger partial charge is 0.482 e. The van der Waals surface area contributed by atoms with Crippen LogP contribution < -0.4 is 21.5 Å². The highest BCUT2D eigenvalue weighted by Crippen LogP contribution is 2.19. The molecule has 98 valence electrons. The van der Waals surface area contributed by atoms with E-state index in [2.05, 4.69) is 5.32 Å². The maximum atomic E-state index is 11.5. The van der Waals surface area contributed by atoms with Crippen molar-refractivity contribution in [3.05, 3.63) is 24.3 Å². The molecule has 0 radical (unpaired) electrons. The number of nitrogens with one attached hydrogen (secondary N) is 1. The molecule has 0 bridgehead atoms. The molecule has 0 spiro atoms. The molecule has 5 N–H and O–H groups in total. The molecule has 1 aromatic rings. The van der Waals surface area contributed by atoms with Gasteiger partial charge in [0, 0.05) is 12.5 Å². The monoisotopic (exact) mass is 251 g/mol. The van der Waals surface area contributed by atoms with Gasteiger partial charge in [-0.3, -0.25) is 9.59 Å². The van der Waals surface area contributed by atoms with Gasteiger partial charge in [-0.15, -0.1) is 0 Å². The van der Waals surface area contributed by atoms with Crippen molar-refractivity contribution in [3.63, 3.8) is 0 Å². The molecule has 1 unspecified atom stereocenters. The molecule has 1 rings (SSSR count). The number of hydrogen-bond donors (Lipinski definition) is 3. The molecule has 1 atom stereocenters. The first-order chi connectivity index (χ1) is 8.49. The van der Waals surface area contributed by atoms with Gasteiger partial charge in [0.05, 0.1) is 5.69 Å². The molecular formula is C12H17N3O3. The molecular weight excluding hydrogens is 234 g/mol. The van der Waals surface area contributed by atoms with Crippen LogP contribution in [0.1, 0.15) is 13.3 Å². The third kappa shape index (κ3) is 4.73. The van der Waals surface area contributed by atoms with E-state index in [9.17, 15) is 9.59 Å². The Hall–Kier alpha value is -2.24. The minimum absolute atomic E-state index is 0.0964. The fourth-order valence-corrected chi connectivity index (χ4v) is 1.42. The Bertz CT molecular complexity index is 434. The van der Waals surface area contributed by atoms with Gasteiger partial charge in [-0.05, 0) is 19.1 Å². The van der Waals surface area contributed by atoms with Gasteiger partial charge in [-0.2, -0.15) is 0 Å². The van der Waals surface area contributed by atoms with Crippen LogP contribution >= 0.6 is 0 Å². The van der Waals surface area contributed by atoms with E-state index >= 15 is 0 Å². The maximum Gasteiger partial charge on any atom is 0.258 e. The Morgan fingerprint density at radius 3 is 2.67 bits per heavy atom. The van der Waals surface area contributed by atoms with Crippen molar-refractivity contribution in [3.8, 4) is 5.75 Å². The molecule has 1 aromatic carbocycles. The molecule has 0 fully saturated rings. The van der Waals surface area contributed by atoms with Crippen LogP contribution in [0, 0.1) is 0 Å². The summed E-state index contributed by atoms with van der Waals surface area (Å²) >= 11 is 0. The molecule has 2 amide bonds. The molecule has 0 saturated carbocycles. The van der Waals surface area contributed by atoms with E-state index in [1.54, 1.807) is 31.2 Å². The SMILES string of the molecule is CC(CC(N)=O)NC(=O)COc1ccccc1N. The maximum absolute atomic E-state index is 11.5. The topological polar surface area (TPSA) is 107 Å². The Balaban J connectivity index is 2.38. The molecule has 0 aromatic heterocycles. The normalized spacial score (nSPS) is 11.6. The molecule has 0 heterocycles. The Morgan fingerprint density at radius 1 is 1.39 bits per heavy atom. The van der Waals surface area contributed by atoms with E-state index < -0.39 is 5.91 Å². The van der Waals surface area contributed by atoms with Crippen molar-refractivity contribution >= 4 is 17.5 Å². The van der Waals surface area contributed by atoms with Crippen molar-refractivity contribution in [2.24, 2.45) is 5.73 Å². The Kier molecular flexibility index (Phi) is 4.98. The average Bonchev–Trinajstić information content (AvgIpc) is 2.26. The Labute approximate surface area is 105 Å². The minimum Gasteiger partial charge on any atom is -0.482 e. The molecule has 0 aliphatic heterocycles. The number of rotatable bonds is 6. The van der Waals surface area contributed by atoms with Gasteiger partial charge in [0.1, 0.15) is 5.75 Å². The first kappa shape index (κ1) is 13.8. The number of ether oxygens (including phenoxy) is 1. The summed E-state index contributed by atoms with van der Waals surface area (Å²) in [5, 5.41) is 2.60.